The Hall–Kier alpha value is -1.05. The minimum absolute atomic E-state index is 0.458. The third-order valence-electron chi connectivity index (χ3n) is 4.30. The minimum atomic E-state index is 0.458. The second kappa shape index (κ2) is 7.10. The van der Waals surface area contributed by atoms with E-state index in [4.69, 9.17) is 5.73 Å². The van der Waals surface area contributed by atoms with Crippen molar-refractivity contribution in [1.29, 1.82) is 5.26 Å². The SMILES string of the molecule is CCN(c1cc(Br)ccc1C#N)C1CCCCC1CN. The zero-order valence-electron chi connectivity index (χ0n) is 12.0. The van der Waals surface area contributed by atoms with Gasteiger partial charge in [0.1, 0.15) is 6.07 Å². The van der Waals surface area contributed by atoms with Crippen molar-refractivity contribution < 1.29 is 0 Å². The first-order valence-electron chi connectivity index (χ1n) is 7.37. The summed E-state index contributed by atoms with van der Waals surface area (Å²) < 4.78 is 1.02. The van der Waals surface area contributed by atoms with Crippen LogP contribution in [-0.4, -0.2) is 19.1 Å². The van der Waals surface area contributed by atoms with Crippen molar-refractivity contribution in [2.45, 2.75) is 38.6 Å². The van der Waals surface area contributed by atoms with Crippen LogP contribution in [0.4, 0.5) is 5.69 Å². The summed E-state index contributed by atoms with van der Waals surface area (Å²) in [5, 5.41) is 9.36. The van der Waals surface area contributed by atoms with Crippen molar-refractivity contribution in [3.8, 4) is 6.07 Å². The summed E-state index contributed by atoms with van der Waals surface area (Å²) >= 11 is 3.52. The first kappa shape index (κ1) is 15.3. The summed E-state index contributed by atoms with van der Waals surface area (Å²) in [5.41, 5.74) is 7.75. The zero-order chi connectivity index (χ0) is 14.5. The Bertz CT molecular complexity index is 495. The molecule has 0 spiro atoms. The third-order valence-corrected chi connectivity index (χ3v) is 4.80. The Morgan fingerprint density at radius 3 is 2.80 bits per heavy atom. The quantitative estimate of drug-likeness (QED) is 0.913. The summed E-state index contributed by atoms with van der Waals surface area (Å²) in [6.45, 7) is 3.80. The lowest BCUT2D eigenvalue weighted by Gasteiger charge is -2.41. The number of nitrogens with two attached hydrogens (primary N) is 1. The van der Waals surface area contributed by atoms with Gasteiger partial charge in [0.2, 0.25) is 0 Å². The van der Waals surface area contributed by atoms with E-state index in [-0.39, 0.29) is 0 Å². The second-order valence-corrected chi connectivity index (χ2v) is 6.32. The third kappa shape index (κ3) is 3.16. The van der Waals surface area contributed by atoms with E-state index >= 15 is 0 Å². The van der Waals surface area contributed by atoms with Gasteiger partial charge in [-0.25, -0.2) is 0 Å². The highest BCUT2D eigenvalue weighted by molar-refractivity contribution is 9.10. The van der Waals surface area contributed by atoms with Crippen LogP contribution in [0.5, 0.6) is 0 Å². The molecular weight excluding hydrogens is 314 g/mol. The van der Waals surface area contributed by atoms with Crippen molar-refractivity contribution in [2.75, 3.05) is 18.0 Å². The van der Waals surface area contributed by atoms with Gasteiger partial charge in [0.05, 0.1) is 11.3 Å². The summed E-state index contributed by atoms with van der Waals surface area (Å²) in [4.78, 5) is 2.38. The number of nitriles is 1. The molecule has 2 unspecified atom stereocenters. The first-order valence-corrected chi connectivity index (χ1v) is 8.17. The van der Waals surface area contributed by atoms with Crippen LogP contribution in [0.1, 0.15) is 38.2 Å². The van der Waals surface area contributed by atoms with E-state index in [0.717, 1.165) is 28.8 Å². The van der Waals surface area contributed by atoms with Crippen LogP contribution in [-0.2, 0) is 0 Å². The summed E-state index contributed by atoms with van der Waals surface area (Å²) in [7, 11) is 0. The van der Waals surface area contributed by atoms with Crippen LogP contribution in [0.3, 0.4) is 0 Å². The fraction of sp³-hybridized carbons (Fsp3) is 0.562. The molecule has 1 saturated carbocycles. The lowest BCUT2D eigenvalue weighted by atomic mass is 9.83. The highest BCUT2D eigenvalue weighted by Gasteiger charge is 2.29. The number of hydrogen-bond acceptors (Lipinski definition) is 3. The molecule has 0 radical (unpaired) electrons. The topological polar surface area (TPSA) is 53.0 Å². The molecule has 108 valence electrons. The molecule has 3 nitrogen and oxygen atoms in total. The molecule has 1 aliphatic rings. The van der Waals surface area contributed by atoms with E-state index in [1.54, 1.807) is 0 Å². The average Bonchev–Trinajstić information content (AvgIpc) is 2.49. The van der Waals surface area contributed by atoms with Crippen molar-refractivity contribution in [3.05, 3.63) is 28.2 Å². The Kier molecular flexibility index (Phi) is 5.45. The van der Waals surface area contributed by atoms with Gasteiger partial charge in [0, 0.05) is 17.1 Å². The van der Waals surface area contributed by atoms with Crippen LogP contribution in [0.25, 0.3) is 0 Å². The zero-order valence-corrected chi connectivity index (χ0v) is 13.6. The molecule has 0 saturated heterocycles. The van der Waals surface area contributed by atoms with Crippen LogP contribution in [0.15, 0.2) is 22.7 Å². The number of anilines is 1. The van der Waals surface area contributed by atoms with Gasteiger partial charge in [0.15, 0.2) is 0 Å². The lowest BCUT2D eigenvalue weighted by Crippen LogP contribution is -2.45. The molecule has 0 heterocycles. The van der Waals surface area contributed by atoms with Gasteiger partial charge in [-0.2, -0.15) is 5.26 Å². The number of nitrogens with zero attached hydrogens (tertiary/aromatic N) is 2. The summed E-state index contributed by atoms with van der Waals surface area (Å²) in [5.74, 6) is 0.536. The van der Waals surface area contributed by atoms with Gasteiger partial charge in [-0.05, 0) is 50.4 Å². The van der Waals surface area contributed by atoms with Crippen molar-refractivity contribution in [3.63, 3.8) is 0 Å². The molecule has 0 bridgehead atoms. The minimum Gasteiger partial charge on any atom is -0.367 e. The fourth-order valence-corrected chi connectivity index (χ4v) is 3.64. The van der Waals surface area contributed by atoms with E-state index in [9.17, 15) is 5.26 Å². The van der Waals surface area contributed by atoms with Crippen molar-refractivity contribution in [1.82, 2.24) is 0 Å². The predicted octanol–water partition coefficient (Wildman–Crippen LogP) is 3.66. The number of rotatable bonds is 4. The van der Waals surface area contributed by atoms with Gasteiger partial charge in [-0.3, -0.25) is 0 Å². The molecule has 2 rings (SSSR count). The van der Waals surface area contributed by atoms with Crippen molar-refractivity contribution >= 4 is 21.6 Å². The highest BCUT2D eigenvalue weighted by Crippen LogP contribution is 2.33. The smallest absolute Gasteiger partial charge is 0.101 e. The lowest BCUT2D eigenvalue weighted by molar-refractivity contribution is 0.300. The molecule has 4 heteroatoms. The number of hydrogen-bond donors (Lipinski definition) is 1. The monoisotopic (exact) mass is 335 g/mol. The standard InChI is InChI=1S/C16H22BrN3/c1-2-20(15-6-4-3-5-12(15)10-18)16-9-14(17)8-7-13(16)11-19/h7-9,12,15H,2-6,10,18H2,1H3. The fourth-order valence-electron chi connectivity index (χ4n) is 3.29. The van der Waals surface area contributed by atoms with Gasteiger partial charge in [0.25, 0.3) is 0 Å². The van der Waals surface area contributed by atoms with E-state index in [1.165, 1.54) is 25.7 Å². The van der Waals surface area contributed by atoms with Gasteiger partial charge >= 0.3 is 0 Å². The molecule has 20 heavy (non-hydrogen) atoms. The molecule has 0 aromatic heterocycles. The van der Waals surface area contributed by atoms with Gasteiger partial charge in [-0.15, -0.1) is 0 Å². The van der Waals surface area contributed by atoms with Crippen LogP contribution in [0, 0.1) is 17.2 Å². The normalized spacial score (nSPS) is 22.3. The Morgan fingerprint density at radius 2 is 2.15 bits per heavy atom. The Morgan fingerprint density at radius 1 is 1.40 bits per heavy atom. The molecule has 0 amide bonds. The van der Waals surface area contributed by atoms with Crippen LogP contribution >= 0.6 is 15.9 Å². The van der Waals surface area contributed by atoms with Gasteiger partial charge in [-0.1, -0.05) is 28.8 Å². The summed E-state index contributed by atoms with van der Waals surface area (Å²) in [6.07, 6.45) is 4.91. The Labute approximate surface area is 129 Å². The van der Waals surface area contributed by atoms with Crippen LogP contribution in [0.2, 0.25) is 0 Å². The summed E-state index contributed by atoms with van der Waals surface area (Å²) in [6, 6.07) is 8.65. The molecular formula is C16H22BrN3. The molecule has 2 atom stereocenters. The molecule has 2 N–H and O–H groups in total. The predicted molar refractivity (Wildman–Crippen MR) is 86.7 cm³/mol. The molecule has 1 fully saturated rings. The number of benzene rings is 1. The maximum absolute atomic E-state index is 9.36. The largest absolute Gasteiger partial charge is 0.367 e. The van der Waals surface area contributed by atoms with E-state index < -0.39 is 0 Å². The molecule has 1 aromatic carbocycles. The first-order chi connectivity index (χ1) is 9.71. The average molecular weight is 336 g/mol. The number of halogens is 1. The second-order valence-electron chi connectivity index (χ2n) is 5.41. The maximum atomic E-state index is 9.36. The highest BCUT2D eigenvalue weighted by atomic mass is 79.9. The van der Waals surface area contributed by atoms with E-state index in [1.807, 2.05) is 12.1 Å². The molecule has 1 aromatic rings. The Balaban J connectivity index is 2.36. The van der Waals surface area contributed by atoms with Crippen LogP contribution < -0.4 is 10.6 Å². The molecule has 1 aliphatic carbocycles. The van der Waals surface area contributed by atoms with Gasteiger partial charge < -0.3 is 10.6 Å². The van der Waals surface area contributed by atoms with E-state index in [0.29, 0.717) is 12.0 Å². The molecule has 0 aliphatic heterocycles. The maximum Gasteiger partial charge on any atom is 0.101 e. The van der Waals surface area contributed by atoms with E-state index in [2.05, 4.69) is 39.9 Å². The van der Waals surface area contributed by atoms with Crippen molar-refractivity contribution in [2.24, 2.45) is 11.7 Å².